The van der Waals surface area contributed by atoms with Crippen LogP contribution in [-0.4, -0.2) is 0 Å². The smallest absolute Gasteiger partial charge is 0.245 e. The van der Waals surface area contributed by atoms with Crippen molar-refractivity contribution >= 4 is 0 Å². The summed E-state index contributed by atoms with van der Waals surface area (Å²) in [4.78, 5) is 0. The summed E-state index contributed by atoms with van der Waals surface area (Å²) < 4.78 is 0. The maximum atomic E-state index is 3.49. The maximum absolute atomic E-state index is 3.49. The summed E-state index contributed by atoms with van der Waals surface area (Å²) in [6, 6.07) is 10.0. The molecule has 0 saturated heterocycles. The average molecular weight is 193 g/mol. The fraction of sp³-hybridized carbons (Fsp3) is 0.200. The van der Waals surface area contributed by atoms with Crippen LogP contribution >= 0.6 is 0 Å². The summed E-state index contributed by atoms with van der Waals surface area (Å²) in [5.41, 5.74) is 0. The predicted octanol–water partition coefficient (Wildman–Crippen LogP) is 3.19. The molecule has 0 spiro atoms. The Bertz CT molecular complexity index is 123. The van der Waals surface area contributed by atoms with E-state index in [1.165, 1.54) is 0 Å². The topological polar surface area (TPSA) is 0 Å². The Balaban J connectivity index is 0. The van der Waals surface area contributed by atoms with Gasteiger partial charge in [-0.2, -0.15) is 18.2 Å². The second-order valence-corrected chi connectivity index (χ2v) is 1.84. The molecule has 0 aliphatic carbocycles. The number of hydrogen-bond donors (Lipinski definition) is 0. The Morgan fingerprint density at radius 2 is 1.91 bits per heavy atom. The van der Waals surface area contributed by atoms with E-state index in [0.717, 1.165) is 6.42 Å². The van der Waals surface area contributed by atoms with Gasteiger partial charge in [-0.1, -0.05) is 6.92 Å². The monoisotopic (exact) mass is 192 g/mol. The van der Waals surface area contributed by atoms with Crippen molar-refractivity contribution < 1.29 is 16.5 Å². The first-order valence-corrected chi connectivity index (χ1v) is 3.52. The van der Waals surface area contributed by atoms with Crippen molar-refractivity contribution in [2.45, 2.75) is 13.3 Å². The third-order valence-corrected chi connectivity index (χ3v) is 0.958. The van der Waals surface area contributed by atoms with Crippen LogP contribution in [0.1, 0.15) is 13.3 Å². The third kappa shape index (κ3) is 12.6. The van der Waals surface area contributed by atoms with E-state index in [2.05, 4.69) is 13.8 Å². The van der Waals surface area contributed by atoms with Crippen LogP contribution in [0, 0.1) is 6.92 Å². The molecule has 0 bridgehead atoms. The molecular formula is C10H14Ni. The Morgan fingerprint density at radius 3 is 2.00 bits per heavy atom. The van der Waals surface area contributed by atoms with Crippen LogP contribution in [0.5, 0.6) is 0 Å². The first-order chi connectivity index (χ1) is 4.91. The summed E-state index contributed by atoms with van der Waals surface area (Å²) in [5, 5.41) is 0. The summed E-state index contributed by atoms with van der Waals surface area (Å²) in [7, 11) is 0. The van der Waals surface area contributed by atoms with E-state index in [-0.39, 0.29) is 16.5 Å². The largest absolute Gasteiger partial charge is 2.00 e. The van der Waals surface area contributed by atoms with Crippen LogP contribution in [0.25, 0.3) is 0 Å². The molecule has 0 nitrogen and oxygen atoms in total. The quantitative estimate of drug-likeness (QED) is 0.474. The zero-order chi connectivity index (χ0) is 7.66. The molecule has 1 heteroatoms. The standard InChI is InChI=1S/C5H5.C5H9.Ni/c1-2-4-5-3-1;1-3-5-4-2;/h1-5H;3,5H,1,4H2,2H3;/q2*-1;+2. The van der Waals surface area contributed by atoms with Gasteiger partial charge in [-0.05, 0) is 0 Å². The summed E-state index contributed by atoms with van der Waals surface area (Å²) in [6.07, 6.45) is 4.92. The van der Waals surface area contributed by atoms with Crippen LogP contribution < -0.4 is 0 Å². The van der Waals surface area contributed by atoms with Crippen molar-refractivity contribution in [2.75, 3.05) is 0 Å². The van der Waals surface area contributed by atoms with Crippen molar-refractivity contribution in [2.24, 2.45) is 0 Å². The number of allylic oxidation sites excluding steroid dienone is 2. The second kappa shape index (κ2) is 12.2. The normalized spacial score (nSPS) is 8.09. The van der Waals surface area contributed by atoms with Crippen molar-refractivity contribution in [3.63, 3.8) is 0 Å². The van der Waals surface area contributed by atoms with Crippen molar-refractivity contribution in [3.05, 3.63) is 49.4 Å². The Kier molecular flexibility index (Phi) is 14.5. The first kappa shape index (κ1) is 13.1. The molecule has 1 aromatic rings. The molecule has 0 radical (unpaired) electrons. The van der Waals surface area contributed by atoms with Crippen LogP contribution in [0.15, 0.2) is 42.5 Å². The van der Waals surface area contributed by atoms with E-state index in [1.54, 1.807) is 6.08 Å². The van der Waals surface area contributed by atoms with E-state index in [0.29, 0.717) is 0 Å². The van der Waals surface area contributed by atoms with E-state index >= 15 is 0 Å². The Morgan fingerprint density at radius 1 is 1.36 bits per heavy atom. The molecule has 0 amide bonds. The fourth-order valence-electron chi connectivity index (χ4n) is 0.487. The maximum Gasteiger partial charge on any atom is 2.00 e. The Labute approximate surface area is 79.6 Å². The predicted molar refractivity (Wildman–Crippen MR) is 46.8 cm³/mol. The molecule has 0 aromatic heterocycles. The van der Waals surface area contributed by atoms with Gasteiger partial charge in [0.05, 0.1) is 0 Å². The minimum absolute atomic E-state index is 0. The van der Waals surface area contributed by atoms with Crippen molar-refractivity contribution in [3.8, 4) is 0 Å². The number of hydrogen-bond acceptors (Lipinski definition) is 0. The second-order valence-electron chi connectivity index (χ2n) is 1.84. The van der Waals surface area contributed by atoms with Gasteiger partial charge < -0.3 is 0 Å². The van der Waals surface area contributed by atoms with Gasteiger partial charge in [-0.3, -0.25) is 0 Å². The minimum Gasteiger partial charge on any atom is -0.245 e. The van der Waals surface area contributed by atoms with Crippen LogP contribution in [0.2, 0.25) is 0 Å². The summed E-state index contributed by atoms with van der Waals surface area (Å²) in [5.74, 6) is 0. The molecule has 0 N–H and O–H groups in total. The van der Waals surface area contributed by atoms with Crippen LogP contribution in [-0.2, 0) is 16.5 Å². The molecule has 0 heterocycles. The van der Waals surface area contributed by atoms with Crippen molar-refractivity contribution in [1.29, 1.82) is 0 Å². The molecule has 0 fully saturated rings. The van der Waals surface area contributed by atoms with Gasteiger partial charge in [0.1, 0.15) is 0 Å². The third-order valence-electron chi connectivity index (χ3n) is 0.958. The van der Waals surface area contributed by atoms with E-state index < -0.39 is 0 Å². The molecular weight excluding hydrogens is 179 g/mol. The molecule has 0 aliphatic rings. The Hall–Kier alpha value is -0.546. The van der Waals surface area contributed by atoms with E-state index in [1.807, 2.05) is 36.4 Å². The summed E-state index contributed by atoms with van der Waals surface area (Å²) >= 11 is 0. The van der Waals surface area contributed by atoms with Crippen molar-refractivity contribution in [1.82, 2.24) is 0 Å². The van der Waals surface area contributed by atoms with Gasteiger partial charge in [0, 0.05) is 0 Å². The van der Waals surface area contributed by atoms with Gasteiger partial charge in [0.15, 0.2) is 0 Å². The average Bonchev–Trinajstić information content (AvgIpc) is 2.44. The zero-order valence-electron chi connectivity index (χ0n) is 6.77. The molecule has 0 atom stereocenters. The van der Waals surface area contributed by atoms with Gasteiger partial charge in [-0.15, -0.1) is 6.42 Å². The molecule has 64 valence electrons. The summed E-state index contributed by atoms with van der Waals surface area (Å²) in [6.45, 7) is 5.58. The molecule has 0 aliphatic heterocycles. The molecule has 0 saturated carbocycles. The van der Waals surface area contributed by atoms with Gasteiger partial charge in [0.25, 0.3) is 0 Å². The SMILES string of the molecule is [CH2-]C=CCC.[Ni+2].c1cc[cH-]c1. The molecule has 11 heavy (non-hydrogen) atoms. The first-order valence-electron chi connectivity index (χ1n) is 3.52. The van der Waals surface area contributed by atoms with Gasteiger partial charge in [0.2, 0.25) is 0 Å². The molecule has 1 rings (SSSR count). The fourth-order valence-corrected chi connectivity index (χ4v) is 0.487. The minimum atomic E-state index is 0. The van der Waals surface area contributed by atoms with E-state index in [4.69, 9.17) is 0 Å². The van der Waals surface area contributed by atoms with Gasteiger partial charge >= 0.3 is 16.5 Å². The number of rotatable bonds is 1. The van der Waals surface area contributed by atoms with Crippen LogP contribution in [0.4, 0.5) is 0 Å². The molecule has 0 unspecified atom stereocenters. The zero-order valence-corrected chi connectivity index (χ0v) is 7.76. The van der Waals surface area contributed by atoms with Crippen LogP contribution in [0.3, 0.4) is 0 Å². The van der Waals surface area contributed by atoms with E-state index in [9.17, 15) is 0 Å². The van der Waals surface area contributed by atoms with Gasteiger partial charge in [-0.25, -0.2) is 31.2 Å². The molecule has 1 aromatic carbocycles.